The van der Waals surface area contributed by atoms with Gasteiger partial charge in [-0.25, -0.2) is 0 Å². The lowest BCUT2D eigenvalue weighted by Gasteiger charge is -2.11. The zero-order chi connectivity index (χ0) is 14.2. The van der Waals surface area contributed by atoms with Gasteiger partial charge in [0, 0.05) is 21.8 Å². The molecule has 19 heavy (non-hydrogen) atoms. The Hall–Kier alpha value is -1.39. The Morgan fingerprint density at radius 3 is 2.32 bits per heavy atom. The van der Waals surface area contributed by atoms with Gasteiger partial charge in [0.05, 0.1) is 5.02 Å². The molecule has 0 spiro atoms. The van der Waals surface area contributed by atoms with E-state index in [0.29, 0.717) is 15.2 Å². The Balaban J connectivity index is 2.70. The Bertz CT molecular complexity index is 683. The molecule has 1 heterocycles. The second kappa shape index (κ2) is 5.31. The molecule has 0 atom stereocenters. The minimum atomic E-state index is -2.89. The van der Waals surface area contributed by atoms with Gasteiger partial charge in [-0.05, 0) is 31.2 Å². The third-order valence-corrected chi connectivity index (χ3v) is 3.28. The minimum absolute atomic E-state index is 0.118. The van der Waals surface area contributed by atoms with Gasteiger partial charge in [0.2, 0.25) is 0 Å². The maximum Gasteiger partial charge on any atom is 0.321 e. The molecule has 0 saturated carbocycles. The average Bonchev–Trinajstić information content (AvgIpc) is 2.30. The fourth-order valence-corrected chi connectivity index (χ4v) is 2.31. The van der Waals surface area contributed by atoms with Crippen molar-refractivity contribution in [2.45, 2.75) is 13.5 Å². The van der Waals surface area contributed by atoms with Crippen molar-refractivity contribution in [2.75, 3.05) is 0 Å². The molecule has 0 amide bonds. The second-order valence-electron chi connectivity index (χ2n) is 3.97. The molecule has 0 aliphatic rings. The van der Waals surface area contributed by atoms with Crippen LogP contribution in [0, 0.1) is 6.92 Å². The number of rotatable bonds is 2. The summed E-state index contributed by atoms with van der Waals surface area (Å²) in [6.45, 7) is -1.45. The van der Waals surface area contributed by atoms with Crippen molar-refractivity contribution in [1.82, 2.24) is 4.57 Å². The first-order valence-electron chi connectivity index (χ1n) is 5.37. The summed E-state index contributed by atoms with van der Waals surface area (Å²) in [5, 5.41) is 0.657. The predicted molar refractivity (Wildman–Crippen MR) is 72.1 cm³/mol. The molecule has 1 aromatic carbocycles. The zero-order valence-electron chi connectivity index (χ0n) is 9.83. The fourth-order valence-electron chi connectivity index (χ4n) is 1.80. The summed E-state index contributed by atoms with van der Waals surface area (Å²) in [5.74, 6) is 0. The van der Waals surface area contributed by atoms with E-state index in [0.717, 1.165) is 0 Å². The molecule has 6 heteroatoms. The van der Waals surface area contributed by atoms with Crippen molar-refractivity contribution in [3.05, 3.63) is 56.4 Å². The Labute approximate surface area is 118 Å². The van der Waals surface area contributed by atoms with Crippen LogP contribution in [0.1, 0.15) is 12.2 Å². The summed E-state index contributed by atoms with van der Waals surface area (Å²) in [7, 11) is 0. The molecule has 0 bridgehead atoms. The van der Waals surface area contributed by atoms with E-state index in [1.807, 2.05) is 0 Å². The lowest BCUT2D eigenvalue weighted by molar-refractivity contribution is 0.0644. The Morgan fingerprint density at radius 2 is 1.74 bits per heavy atom. The van der Waals surface area contributed by atoms with Crippen LogP contribution in [0.2, 0.25) is 10.0 Å². The summed E-state index contributed by atoms with van der Waals surface area (Å²) in [5.41, 5.74) is -0.0916. The maximum atomic E-state index is 12.9. The lowest BCUT2D eigenvalue weighted by Crippen LogP contribution is -2.24. The molecule has 2 rings (SSSR count). The first-order valence-corrected chi connectivity index (χ1v) is 6.13. The van der Waals surface area contributed by atoms with E-state index in [-0.39, 0.29) is 16.3 Å². The Morgan fingerprint density at radius 1 is 1.11 bits per heavy atom. The van der Waals surface area contributed by atoms with E-state index in [9.17, 15) is 13.6 Å². The normalized spacial score (nSPS) is 11.1. The summed E-state index contributed by atoms with van der Waals surface area (Å²) in [6, 6.07) is 7.48. The van der Waals surface area contributed by atoms with E-state index >= 15 is 0 Å². The minimum Gasteiger partial charge on any atom is -0.268 e. The number of aryl methyl sites for hydroxylation is 1. The maximum absolute atomic E-state index is 12.9. The highest BCUT2D eigenvalue weighted by atomic mass is 35.5. The van der Waals surface area contributed by atoms with E-state index in [4.69, 9.17) is 23.2 Å². The summed E-state index contributed by atoms with van der Waals surface area (Å²) < 4.78 is 26.1. The van der Waals surface area contributed by atoms with Crippen LogP contribution in [0.4, 0.5) is 8.78 Å². The van der Waals surface area contributed by atoms with Crippen LogP contribution < -0.4 is 5.56 Å². The van der Waals surface area contributed by atoms with Gasteiger partial charge in [0.25, 0.3) is 5.56 Å². The molecule has 0 radical (unpaired) electrons. The number of alkyl halides is 2. The fraction of sp³-hybridized carbons (Fsp3) is 0.154. The quantitative estimate of drug-likeness (QED) is 0.799. The number of pyridine rings is 1. The first kappa shape index (κ1) is 14.0. The number of nitrogens with zero attached hydrogens (tertiary/aromatic N) is 1. The third kappa shape index (κ3) is 2.65. The molecule has 2 aromatic rings. The largest absolute Gasteiger partial charge is 0.321 e. The van der Waals surface area contributed by atoms with Gasteiger partial charge in [-0.15, -0.1) is 0 Å². The van der Waals surface area contributed by atoms with E-state index in [1.54, 1.807) is 6.07 Å². The molecule has 0 saturated heterocycles. The zero-order valence-corrected chi connectivity index (χ0v) is 11.3. The highest BCUT2D eigenvalue weighted by Crippen LogP contribution is 2.29. The molecular weight excluding hydrogens is 295 g/mol. The van der Waals surface area contributed by atoms with E-state index in [2.05, 4.69) is 0 Å². The molecule has 1 aromatic heterocycles. The number of hydrogen-bond acceptors (Lipinski definition) is 1. The monoisotopic (exact) mass is 303 g/mol. The van der Waals surface area contributed by atoms with Crippen LogP contribution >= 0.6 is 23.2 Å². The number of benzene rings is 1. The van der Waals surface area contributed by atoms with Crippen LogP contribution in [0.15, 0.2) is 35.1 Å². The molecule has 0 aliphatic heterocycles. The predicted octanol–water partition coefficient (Wildman–Crippen LogP) is 4.53. The first-order chi connectivity index (χ1) is 8.91. The van der Waals surface area contributed by atoms with Gasteiger partial charge in [0.1, 0.15) is 0 Å². The van der Waals surface area contributed by atoms with Crippen molar-refractivity contribution >= 4 is 23.2 Å². The standard InChI is InChI=1S/C13H9Cl2F2NO/c1-7-2-4-10(12(19)18(7)13(16)17)9-5-3-8(14)6-11(9)15/h2-6,13H,1H3. The molecular formula is C13H9Cl2F2NO. The van der Waals surface area contributed by atoms with Crippen molar-refractivity contribution in [2.24, 2.45) is 0 Å². The average molecular weight is 304 g/mol. The summed E-state index contributed by atoms with van der Waals surface area (Å²) >= 11 is 11.8. The summed E-state index contributed by atoms with van der Waals surface area (Å²) in [4.78, 5) is 12.1. The highest BCUT2D eigenvalue weighted by molar-refractivity contribution is 6.36. The second-order valence-corrected chi connectivity index (χ2v) is 4.81. The smallest absolute Gasteiger partial charge is 0.268 e. The van der Waals surface area contributed by atoms with Gasteiger partial charge in [0.15, 0.2) is 0 Å². The van der Waals surface area contributed by atoms with E-state index in [1.165, 1.54) is 31.2 Å². The molecule has 0 unspecified atom stereocenters. The van der Waals surface area contributed by atoms with Crippen molar-refractivity contribution in [1.29, 1.82) is 0 Å². The molecule has 0 fully saturated rings. The van der Waals surface area contributed by atoms with Crippen LogP contribution in [-0.4, -0.2) is 4.57 Å². The van der Waals surface area contributed by atoms with Crippen molar-refractivity contribution in [3.8, 4) is 11.1 Å². The molecule has 0 aliphatic carbocycles. The lowest BCUT2D eigenvalue weighted by atomic mass is 10.1. The number of halogens is 4. The van der Waals surface area contributed by atoms with E-state index < -0.39 is 12.1 Å². The topological polar surface area (TPSA) is 22.0 Å². The third-order valence-electron chi connectivity index (χ3n) is 2.74. The summed E-state index contributed by atoms with van der Waals surface area (Å²) in [6.07, 6.45) is 0. The van der Waals surface area contributed by atoms with Crippen LogP contribution in [-0.2, 0) is 0 Å². The SMILES string of the molecule is Cc1ccc(-c2ccc(Cl)cc2Cl)c(=O)n1C(F)F. The van der Waals surface area contributed by atoms with Crippen molar-refractivity contribution < 1.29 is 8.78 Å². The Kier molecular flexibility index (Phi) is 3.92. The van der Waals surface area contributed by atoms with Crippen LogP contribution in [0.3, 0.4) is 0 Å². The van der Waals surface area contributed by atoms with Crippen LogP contribution in [0.5, 0.6) is 0 Å². The number of aromatic nitrogens is 1. The molecule has 2 nitrogen and oxygen atoms in total. The highest BCUT2D eigenvalue weighted by Gasteiger charge is 2.16. The van der Waals surface area contributed by atoms with Gasteiger partial charge in [-0.2, -0.15) is 8.78 Å². The molecule has 0 N–H and O–H groups in total. The van der Waals surface area contributed by atoms with Gasteiger partial charge in [-0.3, -0.25) is 9.36 Å². The van der Waals surface area contributed by atoms with Crippen molar-refractivity contribution in [3.63, 3.8) is 0 Å². The van der Waals surface area contributed by atoms with Gasteiger partial charge >= 0.3 is 6.55 Å². The molecule has 100 valence electrons. The number of hydrogen-bond donors (Lipinski definition) is 0. The van der Waals surface area contributed by atoms with Gasteiger partial charge in [-0.1, -0.05) is 29.3 Å². The van der Waals surface area contributed by atoms with Crippen LogP contribution in [0.25, 0.3) is 11.1 Å². The van der Waals surface area contributed by atoms with Gasteiger partial charge < -0.3 is 0 Å².